The third-order valence-corrected chi connectivity index (χ3v) is 2.61. The second-order valence-corrected chi connectivity index (χ2v) is 4.02. The standard InChI is InChI=1S/C13H17O3/c1-13(15-9-5-10-16-13)8-11-14-12-6-3-2-4-7-12/h2-3,6-7H,5,8-11H2,1H3. The molecule has 0 amide bonds. The van der Waals surface area contributed by atoms with Gasteiger partial charge in [0.1, 0.15) is 5.75 Å². The Bertz CT molecular complexity index is 304. The van der Waals surface area contributed by atoms with Gasteiger partial charge in [-0.1, -0.05) is 12.1 Å². The third-order valence-electron chi connectivity index (χ3n) is 2.61. The Balaban J connectivity index is 1.75. The second-order valence-electron chi connectivity index (χ2n) is 4.02. The van der Waals surface area contributed by atoms with Crippen molar-refractivity contribution in [1.82, 2.24) is 0 Å². The molecule has 2 rings (SSSR count). The summed E-state index contributed by atoms with van der Waals surface area (Å²) in [5, 5.41) is 0. The van der Waals surface area contributed by atoms with E-state index in [-0.39, 0.29) is 0 Å². The van der Waals surface area contributed by atoms with Gasteiger partial charge in [0, 0.05) is 6.42 Å². The molecule has 1 aliphatic rings. The molecule has 0 saturated carbocycles. The maximum Gasteiger partial charge on any atom is 0.168 e. The molecule has 16 heavy (non-hydrogen) atoms. The van der Waals surface area contributed by atoms with Gasteiger partial charge in [-0.15, -0.1) is 0 Å². The molecule has 1 radical (unpaired) electrons. The zero-order valence-corrected chi connectivity index (χ0v) is 9.57. The summed E-state index contributed by atoms with van der Waals surface area (Å²) in [5.41, 5.74) is 0. The number of rotatable bonds is 4. The van der Waals surface area contributed by atoms with Gasteiger partial charge in [0.05, 0.1) is 19.8 Å². The molecule has 1 aromatic carbocycles. The lowest BCUT2D eigenvalue weighted by molar-refractivity contribution is -0.260. The molecular formula is C13H17O3. The van der Waals surface area contributed by atoms with Crippen molar-refractivity contribution in [1.29, 1.82) is 0 Å². The largest absolute Gasteiger partial charge is 0.493 e. The molecule has 1 heterocycles. The molecule has 1 aromatic rings. The Hall–Kier alpha value is -1.06. The Labute approximate surface area is 96.3 Å². The summed E-state index contributed by atoms with van der Waals surface area (Å²) < 4.78 is 16.8. The lowest BCUT2D eigenvalue weighted by Crippen LogP contribution is -2.38. The van der Waals surface area contributed by atoms with Crippen molar-refractivity contribution in [3.8, 4) is 5.75 Å². The normalized spacial score (nSPS) is 19.3. The van der Waals surface area contributed by atoms with Crippen molar-refractivity contribution in [3.05, 3.63) is 30.3 Å². The van der Waals surface area contributed by atoms with E-state index in [1.54, 1.807) is 0 Å². The van der Waals surface area contributed by atoms with E-state index in [0.29, 0.717) is 6.61 Å². The number of ether oxygens (including phenoxy) is 3. The Kier molecular flexibility index (Phi) is 3.80. The first-order valence-corrected chi connectivity index (χ1v) is 5.65. The van der Waals surface area contributed by atoms with Crippen LogP contribution in [0.2, 0.25) is 0 Å². The van der Waals surface area contributed by atoms with Crippen molar-refractivity contribution in [2.24, 2.45) is 0 Å². The van der Waals surface area contributed by atoms with E-state index < -0.39 is 5.79 Å². The van der Waals surface area contributed by atoms with Crippen LogP contribution in [0.1, 0.15) is 19.8 Å². The van der Waals surface area contributed by atoms with Crippen molar-refractivity contribution in [2.45, 2.75) is 25.6 Å². The SMILES string of the molecule is CC1(CCOc2c[c]ccc2)OCCCO1. The molecule has 3 heteroatoms. The summed E-state index contributed by atoms with van der Waals surface area (Å²) in [6.07, 6.45) is 1.71. The highest BCUT2D eigenvalue weighted by atomic mass is 16.7. The molecule has 0 atom stereocenters. The Morgan fingerprint density at radius 1 is 1.44 bits per heavy atom. The first kappa shape index (κ1) is 11.4. The summed E-state index contributed by atoms with van der Waals surface area (Å²) in [6, 6.07) is 10.5. The van der Waals surface area contributed by atoms with Crippen molar-refractivity contribution in [2.75, 3.05) is 19.8 Å². The van der Waals surface area contributed by atoms with Crippen molar-refractivity contribution >= 4 is 0 Å². The van der Waals surface area contributed by atoms with Gasteiger partial charge in [-0.05, 0) is 31.5 Å². The molecule has 1 saturated heterocycles. The van der Waals surface area contributed by atoms with E-state index in [0.717, 1.165) is 31.8 Å². The first-order chi connectivity index (χ1) is 7.79. The minimum atomic E-state index is -0.475. The lowest BCUT2D eigenvalue weighted by Gasteiger charge is -2.33. The molecule has 0 aliphatic carbocycles. The summed E-state index contributed by atoms with van der Waals surface area (Å²) in [4.78, 5) is 0. The quantitative estimate of drug-likeness (QED) is 0.781. The fourth-order valence-electron chi connectivity index (χ4n) is 1.64. The maximum absolute atomic E-state index is 5.59. The van der Waals surface area contributed by atoms with Crippen LogP contribution in [-0.2, 0) is 9.47 Å². The fourth-order valence-corrected chi connectivity index (χ4v) is 1.64. The van der Waals surface area contributed by atoms with Crippen LogP contribution in [0.3, 0.4) is 0 Å². The molecule has 1 aliphatic heterocycles. The average molecular weight is 221 g/mol. The average Bonchev–Trinajstić information content (AvgIpc) is 2.31. The minimum absolute atomic E-state index is 0.475. The van der Waals surface area contributed by atoms with Crippen LogP contribution in [0.25, 0.3) is 0 Å². The van der Waals surface area contributed by atoms with Gasteiger partial charge in [0.25, 0.3) is 0 Å². The molecular weight excluding hydrogens is 204 g/mol. The van der Waals surface area contributed by atoms with Crippen LogP contribution in [0.15, 0.2) is 24.3 Å². The lowest BCUT2D eigenvalue weighted by atomic mass is 10.2. The predicted molar refractivity (Wildman–Crippen MR) is 60.3 cm³/mol. The van der Waals surface area contributed by atoms with E-state index in [4.69, 9.17) is 14.2 Å². The number of hydrogen-bond acceptors (Lipinski definition) is 3. The number of benzene rings is 1. The molecule has 0 N–H and O–H groups in total. The molecule has 87 valence electrons. The fraction of sp³-hybridized carbons (Fsp3) is 0.538. The van der Waals surface area contributed by atoms with Crippen LogP contribution < -0.4 is 4.74 Å². The highest BCUT2D eigenvalue weighted by Gasteiger charge is 2.28. The molecule has 0 unspecified atom stereocenters. The van der Waals surface area contributed by atoms with E-state index in [9.17, 15) is 0 Å². The smallest absolute Gasteiger partial charge is 0.168 e. The van der Waals surface area contributed by atoms with E-state index in [2.05, 4.69) is 6.07 Å². The molecule has 0 bridgehead atoms. The zero-order chi connectivity index (χ0) is 11.3. The summed E-state index contributed by atoms with van der Waals surface area (Å²) in [7, 11) is 0. The monoisotopic (exact) mass is 221 g/mol. The second kappa shape index (κ2) is 5.32. The first-order valence-electron chi connectivity index (χ1n) is 5.65. The summed E-state index contributed by atoms with van der Waals surface area (Å²) in [5.74, 6) is 0.360. The maximum atomic E-state index is 5.59. The molecule has 0 spiro atoms. The zero-order valence-electron chi connectivity index (χ0n) is 9.57. The predicted octanol–water partition coefficient (Wildman–Crippen LogP) is 2.41. The van der Waals surface area contributed by atoms with Crippen LogP contribution in [-0.4, -0.2) is 25.6 Å². The van der Waals surface area contributed by atoms with E-state index in [1.807, 2.05) is 31.2 Å². The summed E-state index contributed by atoms with van der Waals surface area (Å²) in [6.45, 7) is 4.10. The van der Waals surface area contributed by atoms with Crippen LogP contribution in [0.5, 0.6) is 5.75 Å². The van der Waals surface area contributed by atoms with Gasteiger partial charge >= 0.3 is 0 Å². The van der Waals surface area contributed by atoms with E-state index >= 15 is 0 Å². The Morgan fingerprint density at radius 3 is 2.94 bits per heavy atom. The summed E-state index contributed by atoms with van der Waals surface area (Å²) >= 11 is 0. The Morgan fingerprint density at radius 2 is 2.25 bits per heavy atom. The van der Waals surface area contributed by atoms with Crippen LogP contribution >= 0.6 is 0 Å². The molecule has 0 aromatic heterocycles. The van der Waals surface area contributed by atoms with Gasteiger partial charge in [-0.2, -0.15) is 0 Å². The van der Waals surface area contributed by atoms with E-state index in [1.165, 1.54) is 0 Å². The van der Waals surface area contributed by atoms with Gasteiger partial charge in [-0.3, -0.25) is 0 Å². The van der Waals surface area contributed by atoms with Crippen LogP contribution in [0.4, 0.5) is 0 Å². The highest BCUT2D eigenvalue weighted by molar-refractivity contribution is 5.19. The highest BCUT2D eigenvalue weighted by Crippen LogP contribution is 2.22. The topological polar surface area (TPSA) is 27.7 Å². The molecule has 3 nitrogen and oxygen atoms in total. The van der Waals surface area contributed by atoms with Crippen molar-refractivity contribution < 1.29 is 14.2 Å². The minimum Gasteiger partial charge on any atom is -0.493 e. The van der Waals surface area contributed by atoms with Crippen LogP contribution in [0, 0.1) is 6.07 Å². The van der Waals surface area contributed by atoms with Crippen molar-refractivity contribution in [3.63, 3.8) is 0 Å². The number of hydrogen-bond donors (Lipinski definition) is 0. The molecule has 1 fully saturated rings. The van der Waals surface area contributed by atoms with Gasteiger partial charge < -0.3 is 14.2 Å². The van der Waals surface area contributed by atoms with Gasteiger partial charge in [0.15, 0.2) is 5.79 Å². The van der Waals surface area contributed by atoms with Gasteiger partial charge in [-0.25, -0.2) is 0 Å². The third kappa shape index (κ3) is 3.22. The van der Waals surface area contributed by atoms with Gasteiger partial charge in [0.2, 0.25) is 0 Å².